The van der Waals surface area contributed by atoms with Gasteiger partial charge in [0, 0.05) is 45.8 Å². The summed E-state index contributed by atoms with van der Waals surface area (Å²) in [5.41, 5.74) is 4.58. The van der Waals surface area contributed by atoms with E-state index in [4.69, 9.17) is 9.47 Å². The van der Waals surface area contributed by atoms with Crippen LogP contribution in [0.2, 0.25) is 0 Å². The van der Waals surface area contributed by atoms with Crippen LogP contribution in [0.5, 0.6) is 11.5 Å². The van der Waals surface area contributed by atoms with Crippen molar-refractivity contribution in [2.75, 3.05) is 46.3 Å². The zero-order valence-electron chi connectivity index (χ0n) is 19.8. The maximum absolute atomic E-state index is 12.7. The molecule has 1 aliphatic rings. The van der Waals surface area contributed by atoms with Crippen molar-refractivity contribution in [3.8, 4) is 11.5 Å². The first kappa shape index (κ1) is 23.4. The van der Waals surface area contributed by atoms with Gasteiger partial charge in [0.1, 0.15) is 0 Å². The molecule has 0 radical (unpaired) electrons. The Morgan fingerprint density at radius 1 is 1.19 bits per heavy atom. The Morgan fingerprint density at radius 3 is 2.62 bits per heavy atom. The second kappa shape index (κ2) is 10.9. The molecule has 0 bridgehead atoms. The average Bonchev–Trinajstić information content (AvgIpc) is 3.24. The number of nitrogens with one attached hydrogen (secondary N) is 1. The standard InChI is InChI=1S/C25H34N4O3/c1-18-15-22(31-4)23(32-5)16-20(18)17-28(3)25(26-2)27-13-8-11-24(30)29-14-12-19-9-6-7-10-21(19)29/h6-7,9-10,15-16H,8,11-14,17H2,1-5H3,(H,26,27). The van der Waals surface area contributed by atoms with Crippen molar-refractivity contribution in [1.29, 1.82) is 0 Å². The molecule has 0 fully saturated rings. The Hall–Kier alpha value is -3.22. The first-order valence-corrected chi connectivity index (χ1v) is 11.0. The number of para-hydroxylation sites is 1. The Morgan fingerprint density at radius 2 is 1.91 bits per heavy atom. The predicted octanol–water partition coefficient (Wildman–Crippen LogP) is 3.39. The van der Waals surface area contributed by atoms with Crippen LogP contribution >= 0.6 is 0 Å². The van der Waals surface area contributed by atoms with Crippen molar-refractivity contribution < 1.29 is 14.3 Å². The number of carbonyl (C=O) groups excluding carboxylic acids is 1. The van der Waals surface area contributed by atoms with Crippen molar-refractivity contribution in [3.05, 3.63) is 53.1 Å². The molecule has 0 unspecified atom stereocenters. The van der Waals surface area contributed by atoms with E-state index in [1.165, 1.54) is 5.56 Å². The van der Waals surface area contributed by atoms with Crippen LogP contribution in [0.4, 0.5) is 5.69 Å². The molecule has 1 N–H and O–H groups in total. The summed E-state index contributed by atoms with van der Waals surface area (Å²) in [6, 6.07) is 12.1. The molecule has 7 heteroatoms. The number of benzene rings is 2. The van der Waals surface area contributed by atoms with Crippen LogP contribution in [0, 0.1) is 6.92 Å². The van der Waals surface area contributed by atoms with Crippen LogP contribution in [0.1, 0.15) is 29.5 Å². The fourth-order valence-corrected chi connectivity index (χ4v) is 4.08. The lowest BCUT2D eigenvalue weighted by atomic mass is 10.1. The monoisotopic (exact) mass is 438 g/mol. The quantitative estimate of drug-likeness (QED) is 0.389. The summed E-state index contributed by atoms with van der Waals surface area (Å²) in [5, 5.41) is 3.37. The highest BCUT2D eigenvalue weighted by molar-refractivity contribution is 5.95. The van der Waals surface area contributed by atoms with Crippen LogP contribution in [0.15, 0.2) is 41.4 Å². The first-order valence-electron chi connectivity index (χ1n) is 11.0. The van der Waals surface area contributed by atoms with Gasteiger partial charge in [-0.05, 0) is 54.7 Å². The summed E-state index contributed by atoms with van der Waals surface area (Å²) in [5.74, 6) is 2.41. The molecule has 1 heterocycles. The number of anilines is 1. The highest BCUT2D eigenvalue weighted by atomic mass is 16.5. The molecule has 1 aliphatic heterocycles. The largest absolute Gasteiger partial charge is 0.493 e. The number of hydrogen-bond acceptors (Lipinski definition) is 4. The van der Waals surface area contributed by atoms with Crippen LogP contribution in [-0.4, -0.2) is 58.2 Å². The summed E-state index contributed by atoms with van der Waals surface area (Å²) in [4.78, 5) is 21.1. The van der Waals surface area contributed by atoms with Gasteiger partial charge in [0.05, 0.1) is 14.2 Å². The van der Waals surface area contributed by atoms with Crippen molar-refractivity contribution in [2.45, 2.75) is 32.7 Å². The van der Waals surface area contributed by atoms with Gasteiger partial charge < -0.3 is 24.6 Å². The van der Waals surface area contributed by atoms with Gasteiger partial charge >= 0.3 is 0 Å². The van der Waals surface area contributed by atoms with Crippen LogP contribution in [0.3, 0.4) is 0 Å². The lowest BCUT2D eigenvalue weighted by Gasteiger charge is -2.24. The minimum atomic E-state index is 0.182. The summed E-state index contributed by atoms with van der Waals surface area (Å²) in [6.07, 6.45) is 2.20. The van der Waals surface area contributed by atoms with E-state index in [9.17, 15) is 4.79 Å². The molecule has 1 amide bonds. The Labute approximate surface area is 191 Å². The number of nitrogens with zero attached hydrogens (tertiary/aromatic N) is 3. The van der Waals surface area contributed by atoms with Gasteiger partial charge in [-0.2, -0.15) is 0 Å². The number of hydrogen-bond donors (Lipinski definition) is 1. The Bertz CT molecular complexity index is 974. The topological polar surface area (TPSA) is 66.4 Å². The molecule has 0 saturated carbocycles. The highest BCUT2D eigenvalue weighted by Crippen LogP contribution is 2.31. The lowest BCUT2D eigenvalue weighted by molar-refractivity contribution is -0.118. The second-order valence-corrected chi connectivity index (χ2v) is 7.99. The molecule has 32 heavy (non-hydrogen) atoms. The van der Waals surface area contributed by atoms with E-state index in [-0.39, 0.29) is 5.91 Å². The molecule has 0 spiro atoms. The van der Waals surface area contributed by atoms with Crippen LogP contribution in [-0.2, 0) is 17.8 Å². The van der Waals surface area contributed by atoms with Gasteiger partial charge in [-0.25, -0.2) is 0 Å². The van der Waals surface area contributed by atoms with E-state index in [1.54, 1.807) is 21.3 Å². The molecule has 3 rings (SSSR count). The zero-order valence-corrected chi connectivity index (χ0v) is 19.8. The molecule has 0 atom stereocenters. The normalized spacial score (nSPS) is 13.0. The summed E-state index contributed by atoms with van der Waals surface area (Å²) in [7, 11) is 7.05. The maximum atomic E-state index is 12.7. The van der Waals surface area contributed by atoms with E-state index in [0.717, 1.165) is 47.9 Å². The molecular weight excluding hydrogens is 404 g/mol. The van der Waals surface area contributed by atoms with Gasteiger partial charge in [-0.15, -0.1) is 0 Å². The SMILES string of the molecule is CN=C(NCCCC(=O)N1CCc2ccccc21)N(C)Cc1cc(OC)c(OC)cc1C. The molecule has 2 aromatic carbocycles. The minimum absolute atomic E-state index is 0.182. The fourth-order valence-electron chi connectivity index (χ4n) is 4.08. The number of carbonyl (C=O) groups is 1. The average molecular weight is 439 g/mol. The van der Waals surface area contributed by atoms with Crippen molar-refractivity contribution in [2.24, 2.45) is 4.99 Å². The second-order valence-electron chi connectivity index (χ2n) is 7.99. The molecule has 0 aromatic heterocycles. The van der Waals surface area contributed by atoms with Crippen molar-refractivity contribution in [1.82, 2.24) is 10.2 Å². The predicted molar refractivity (Wildman–Crippen MR) is 129 cm³/mol. The first-order chi connectivity index (χ1) is 15.5. The molecule has 0 aliphatic carbocycles. The number of aryl methyl sites for hydroxylation is 1. The summed E-state index contributed by atoms with van der Waals surface area (Å²) < 4.78 is 10.8. The number of amides is 1. The van der Waals surface area contributed by atoms with Gasteiger partial charge in [-0.1, -0.05) is 18.2 Å². The van der Waals surface area contributed by atoms with E-state index >= 15 is 0 Å². The van der Waals surface area contributed by atoms with Gasteiger partial charge in [0.2, 0.25) is 5.91 Å². The highest BCUT2D eigenvalue weighted by Gasteiger charge is 2.23. The van der Waals surface area contributed by atoms with Crippen molar-refractivity contribution >= 4 is 17.6 Å². The third-order valence-corrected chi connectivity index (χ3v) is 5.86. The van der Waals surface area contributed by atoms with Gasteiger partial charge in [0.15, 0.2) is 17.5 Å². The molecule has 0 saturated heterocycles. The number of guanidine groups is 1. The number of methoxy groups -OCH3 is 2. The molecular formula is C25H34N4O3. The van der Waals surface area contributed by atoms with Crippen LogP contribution < -0.4 is 19.7 Å². The third kappa shape index (κ3) is 5.33. The molecule has 2 aromatic rings. The van der Waals surface area contributed by atoms with E-state index in [2.05, 4.69) is 28.2 Å². The van der Waals surface area contributed by atoms with Crippen molar-refractivity contribution in [3.63, 3.8) is 0 Å². The van der Waals surface area contributed by atoms with Gasteiger partial charge in [0.25, 0.3) is 0 Å². The number of fused-ring (bicyclic) bond motifs is 1. The molecule has 172 valence electrons. The lowest BCUT2D eigenvalue weighted by Crippen LogP contribution is -2.39. The van der Waals surface area contributed by atoms with E-state index in [1.807, 2.05) is 42.3 Å². The third-order valence-electron chi connectivity index (χ3n) is 5.86. The minimum Gasteiger partial charge on any atom is -0.493 e. The van der Waals surface area contributed by atoms with E-state index < -0.39 is 0 Å². The smallest absolute Gasteiger partial charge is 0.227 e. The Balaban J connectivity index is 1.50. The zero-order chi connectivity index (χ0) is 23.1. The van der Waals surface area contributed by atoms with Gasteiger partial charge in [-0.3, -0.25) is 9.79 Å². The number of rotatable bonds is 8. The summed E-state index contributed by atoms with van der Waals surface area (Å²) in [6.45, 7) is 4.20. The fraction of sp³-hybridized carbons (Fsp3) is 0.440. The molecule has 7 nitrogen and oxygen atoms in total. The maximum Gasteiger partial charge on any atom is 0.227 e. The van der Waals surface area contributed by atoms with E-state index in [0.29, 0.717) is 25.3 Å². The summed E-state index contributed by atoms with van der Waals surface area (Å²) >= 11 is 0. The Kier molecular flexibility index (Phi) is 7.98. The number of ether oxygens (including phenoxy) is 2. The van der Waals surface area contributed by atoms with Crippen LogP contribution in [0.25, 0.3) is 0 Å². The number of aliphatic imine (C=N–C) groups is 1.